The number of anilines is 1. The van der Waals surface area contributed by atoms with Crippen LogP contribution in [0.2, 0.25) is 0 Å². The highest BCUT2D eigenvalue weighted by Crippen LogP contribution is 2.25. The van der Waals surface area contributed by atoms with Crippen LogP contribution < -0.4 is 15.1 Å². The van der Waals surface area contributed by atoms with Crippen molar-refractivity contribution in [1.82, 2.24) is 15.3 Å². The molecule has 0 aromatic heterocycles. The summed E-state index contributed by atoms with van der Waals surface area (Å²) in [7, 11) is 2.85. The highest BCUT2D eigenvalue weighted by molar-refractivity contribution is 6.03. The van der Waals surface area contributed by atoms with Gasteiger partial charge in [0.05, 0.1) is 20.6 Å². The molecular formula is C16H18N4O5. The van der Waals surface area contributed by atoms with Crippen molar-refractivity contribution in [3.8, 4) is 5.75 Å². The summed E-state index contributed by atoms with van der Waals surface area (Å²) in [6, 6.07) is 6.61. The number of hydrogen-bond acceptors (Lipinski definition) is 6. The second kappa shape index (κ2) is 6.81. The van der Waals surface area contributed by atoms with Crippen LogP contribution in [-0.2, 0) is 14.3 Å². The van der Waals surface area contributed by atoms with Crippen LogP contribution in [0, 0.1) is 0 Å². The molecule has 1 atom stereocenters. The Morgan fingerprint density at radius 2 is 1.88 bits per heavy atom. The second-order valence-corrected chi connectivity index (χ2v) is 5.40. The number of carbonyl (C=O) groups is 3. The Morgan fingerprint density at radius 1 is 1.16 bits per heavy atom. The summed E-state index contributed by atoms with van der Waals surface area (Å²) in [6.45, 7) is 0.113. The van der Waals surface area contributed by atoms with Crippen molar-refractivity contribution in [3.05, 3.63) is 36.7 Å². The first kappa shape index (κ1) is 16.8. The van der Waals surface area contributed by atoms with E-state index in [2.05, 4.69) is 10.2 Å². The molecule has 1 aromatic rings. The van der Waals surface area contributed by atoms with Crippen molar-refractivity contribution in [2.24, 2.45) is 0 Å². The van der Waals surface area contributed by atoms with Gasteiger partial charge in [-0.1, -0.05) is 0 Å². The molecule has 2 heterocycles. The van der Waals surface area contributed by atoms with Gasteiger partial charge in [0.25, 0.3) is 5.91 Å². The first-order chi connectivity index (χ1) is 12.0. The molecule has 3 rings (SSSR count). The number of hydrogen-bond donors (Lipinski definition) is 1. The summed E-state index contributed by atoms with van der Waals surface area (Å²) < 4.78 is 9.67. The Kier molecular flexibility index (Phi) is 4.57. The van der Waals surface area contributed by atoms with E-state index in [-0.39, 0.29) is 18.9 Å². The van der Waals surface area contributed by atoms with E-state index < -0.39 is 18.2 Å². The van der Waals surface area contributed by atoms with Crippen LogP contribution in [0.5, 0.6) is 5.75 Å². The summed E-state index contributed by atoms with van der Waals surface area (Å²) in [4.78, 5) is 39.0. The molecule has 9 heteroatoms. The molecule has 25 heavy (non-hydrogen) atoms. The number of hydrazine groups is 1. The molecular weight excluding hydrogens is 328 g/mol. The van der Waals surface area contributed by atoms with Crippen LogP contribution in [0.1, 0.15) is 6.42 Å². The SMILES string of the molecule is COC(=O)CCN1NC2C(=O)N(c3ccc(OC)cc3)C=CN2C1=O. The second-order valence-electron chi connectivity index (χ2n) is 5.40. The molecule has 132 valence electrons. The van der Waals surface area contributed by atoms with Gasteiger partial charge in [-0.2, -0.15) is 5.43 Å². The molecule has 3 amide bonds. The predicted molar refractivity (Wildman–Crippen MR) is 87.1 cm³/mol. The number of fused-ring (bicyclic) bond motifs is 1. The van der Waals surface area contributed by atoms with Gasteiger partial charge >= 0.3 is 12.0 Å². The minimum absolute atomic E-state index is 0.0376. The lowest BCUT2D eigenvalue weighted by Gasteiger charge is -2.29. The largest absolute Gasteiger partial charge is 0.497 e. The fourth-order valence-electron chi connectivity index (χ4n) is 2.60. The molecule has 0 saturated carbocycles. The van der Waals surface area contributed by atoms with E-state index in [1.165, 1.54) is 34.3 Å². The number of ether oxygens (including phenoxy) is 2. The monoisotopic (exact) mass is 346 g/mol. The maximum absolute atomic E-state index is 12.7. The Balaban J connectivity index is 1.73. The van der Waals surface area contributed by atoms with E-state index in [0.717, 1.165) is 0 Å². The molecule has 1 saturated heterocycles. The van der Waals surface area contributed by atoms with Crippen molar-refractivity contribution in [3.63, 3.8) is 0 Å². The van der Waals surface area contributed by atoms with Crippen LogP contribution in [0.3, 0.4) is 0 Å². The Labute approximate surface area is 144 Å². The summed E-state index contributed by atoms with van der Waals surface area (Å²) in [5.41, 5.74) is 3.49. The van der Waals surface area contributed by atoms with Crippen LogP contribution in [0.4, 0.5) is 10.5 Å². The lowest BCUT2D eigenvalue weighted by Crippen LogP contribution is -2.51. The van der Waals surface area contributed by atoms with Gasteiger partial charge in [-0.25, -0.2) is 4.79 Å². The van der Waals surface area contributed by atoms with Gasteiger partial charge in [0.15, 0.2) is 6.17 Å². The zero-order chi connectivity index (χ0) is 18.0. The predicted octanol–water partition coefficient (Wildman–Crippen LogP) is 0.644. The summed E-state index contributed by atoms with van der Waals surface area (Å²) in [5, 5.41) is 1.24. The van der Waals surface area contributed by atoms with Crippen LogP contribution in [0.25, 0.3) is 0 Å². The number of methoxy groups -OCH3 is 2. The molecule has 1 unspecified atom stereocenters. The average molecular weight is 346 g/mol. The fraction of sp³-hybridized carbons (Fsp3) is 0.312. The minimum atomic E-state index is -0.850. The van der Waals surface area contributed by atoms with E-state index in [1.54, 1.807) is 31.4 Å². The zero-order valence-electron chi connectivity index (χ0n) is 13.8. The van der Waals surface area contributed by atoms with Gasteiger partial charge < -0.3 is 9.47 Å². The van der Waals surface area contributed by atoms with Gasteiger partial charge in [0.1, 0.15) is 5.75 Å². The van der Waals surface area contributed by atoms with Gasteiger partial charge in [0.2, 0.25) is 0 Å². The highest BCUT2D eigenvalue weighted by atomic mass is 16.5. The van der Waals surface area contributed by atoms with E-state index in [4.69, 9.17) is 4.74 Å². The summed E-state index contributed by atoms with van der Waals surface area (Å²) in [6.07, 6.45) is 2.25. The lowest BCUT2D eigenvalue weighted by atomic mass is 10.2. The molecule has 0 radical (unpaired) electrons. The maximum atomic E-state index is 12.7. The number of rotatable bonds is 5. The van der Waals surface area contributed by atoms with Crippen LogP contribution in [-0.4, -0.2) is 54.7 Å². The van der Waals surface area contributed by atoms with Crippen LogP contribution >= 0.6 is 0 Å². The number of benzene rings is 1. The molecule has 2 aliphatic heterocycles. The van der Waals surface area contributed by atoms with Gasteiger partial charge in [-0.15, -0.1) is 0 Å². The third-order valence-electron chi connectivity index (χ3n) is 3.97. The van der Waals surface area contributed by atoms with Gasteiger partial charge in [-0.05, 0) is 24.3 Å². The number of amides is 3. The molecule has 0 spiro atoms. The maximum Gasteiger partial charge on any atom is 0.340 e. The van der Waals surface area contributed by atoms with Crippen molar-refractivity contribution >= 4 is 23.6 Å². The first-order valence-corrected chi connectivity index (χ1v) is 7.63. The normalized spacial score (nSPS) is 19.3. The van der Waals surface area contributed by atoms with E-state index in [9.17, 15) is 14.4 Å². The number of urea groups is 1. The highest BCUT2D eigenvalue weighted by Gasteiger charge is 2.44. The third kappa shape index (κ3) is 3.13. The topological polar surface area (TPSA) is 91.4 Å². The van der Waals surface area contributed by atoms with Gasteiger partial charge in [-0.3, -0.25) is 24.4 Å². The van der Waals surface area contributed by atoms with E-state index in [0.29, 0.717) is 11.4 Å². The molecule has 0 bridgehead atoms. The molecule has 1 N–H and O–H groups in total. The Morgan fingerprint density at radius 3 is 2.52 bits per heavy atom. The van der Waals surface area contributed by atoms with Crippen molar-refractivity contribution < 1.29 is 23.9 Å². The Bertz CT molecular complexity index is 718. The first-order valence-electron chi connectivity index (χ1n) is 7.63. The summed E-state index contributed by atoms with van der Waals surface area (Å²) in [5.74, 6) is -0.0512. The fourth-order valence-corrected chi connectivity index (χ4v) is 2.60. The quantitative estimate of drug-likeness (QED) is 0.787. The van der Waals surface area contributed by atoms with E-state index in [1.807, 2.05) is 0 Å². The number of nitrogens with zero attached hydrogens (tertiary/aromatic N) is 3. The number of nitrogens with one attached hydrogen (secondary N) is 1. The molecule has 1 fully saturated rings. The Hall–Kier alpha value is -3.07. The minimum Gasteiger partial charge on any atom is -0.497 e. The van der Waals surface area contributed by atoms with E-state index >= 15 is 0 Å². The molecule has 2 aliphatic rings. The number of esters is 1. The molecule has 1 aromatic carbocycles. The van der Waals surface area contributed by atoms with Crippen molar-refractivity contribution in [1.29, 1.82) is 0 Å². The lowest BCUT2D eigenvalue weighted by molar-refractivity contribution is -0.140. The van der Waals surface area contributed by atoms with Crippen LogP contribution in [0.15, 0.2) is 36.7 Å². The number of carbonyl (C=O) groups excluding carboxylic acids is 3. The molecule has 0 aliphatic carbocycles. The zero-order valence-corrected chi connectivity index (χ0v) is 13.8. The summed E-state index contributed by atoms with van der Waals surface area (Å²) >= 11 is 0. The van der Waals surface area contributed by atoms with Gasteiger partial charge in [0, 0.05) is 24.6 Å². The average Bonchev–Trinajstić information content (AvgIpc) is 2.97. The molecule has 9 nitrogen and oxygen atoms in total. The smallest absolute Gasteiger partial charge is 0.340 e. The van der Waals surface area contributed by atoms with Crippen molar-refractivity contribution in [2.75, 3.05) is 25.7 Å². The standard InChI is InChI=1S/C16H18N4O5/c1-24-12-5-3-11(4-6-12)18-9-10-19-14(15(18)22)17-20(16(19)23)8-7-13(21)25-2/h3-6,9-10,14,17H,7-8H2,1-2H3. The third-order valence-corrected chi connectivity index (χ3v) is 3.97. The van der Waals surface area contributed by atoms with Crippen molar-refractivity contribution in [2.45, 2.75) is 12.6 Å².